The van der Waals surface area contributed by atoms with Gasteiger partial charge in [-0.2, -0.15) is 0 Å². The van der Waals surface area contributed by atoms with Crippen LogP contribution in [0, 0.1) is 0 Å². The Balaban J connectivity index is 4.25. The lowest BCUT2D eigenvalue weighted by atomic mass is 10.5. The minimum Gasteiger partial charge on any atom is -0.379 e. The van der Waals surface area contributed by atoms with E-state index in [2.05, 4.69) is 43.7 Å². The molecule has 0 radical (unpaired) electrons. The Morgan fingerprint density at radius 2 is 1.46 bits per heavy atom. The summed E-state index contributed by atoms with van der Waals surface area (Å²) in [6, 6.07) is 0. The van der Waals surface area contributed by atoms with Crippen molar-refractivity contribution in [1.82, 2.24) is 9.80 Å². The van der Waals surface area contributed by atoms with Crippen molar-refractivity contribution in [3.8, 4) is 0 Å². The van der Waals surface area contributed by atoms with Gasteiger partial charge in [-0.05, 0) is 27.7 Å². The molecule has 0 atom stereocenters. The van der Waals surface area contributed by atoms with Gasteiger partial charge in [-0.3, -0.25) is 0 Å². The molecule has 0 N–H and O–H groups in total. The molecule has 0 spiro atoms. The topological polar surface area (TPSA) is 6.48 Å². The van der Waals surface area contributed by atoms with E-state index >= 15 is 0 Å². The highest BCUT2D eigenvalue weighted by atomic mass is 28.1. The fourth-order valence-electron chi connectivity index (χ4n) is 1.47. The van der Waals surface area contributed by atoms with Crippen molar-refractivity contribution in [3.63, 3.8) is 0 Å². The molecule has 0 saturated heterocycles. The van der Waals surface area contributed by atoms with Gasteiger partial charge >= 0.3 is 0 Å². The lowest BCUT2D eigenvalue weighted by molar-refractivity contribution is 0.369. The second kappa shape index (κ2) is 7.01. The number of hydrogen-bond acceptors (Lipinski definition) is 2. The van der Waals surface area contributed by atoms with Gasteiger partial charge in [0.2, 0.25) is 0 Å². The molecule has 78 valence electrons. The average molecular weight is 200 g/mol. The Morgan fingerprint density at radius 1 is 1.00 bits per heavy atom. The second-order valence-corrected chi connectivity index (χ2v) is 4.19. The number of hydrogen-bond donors (Lipinski definition) is 0. The predicted octanol–water partition coefficient (Wildman–Crippen LogP) is 0.834. The first kappa shape index (κ1) is 12.6. The van der Waals surface area contributed by atoms with Crippen molar-refractivity contribution in [1.29, 1.82) is 0 Å². The minimum absolute atomic E-state index is 1.11. The van der Waals surface area contributed by atoms with Gasteiger partial charge in [-0.1, -0.05) is 0 Å². The fourth-order valence-corrected chi connectivity index (χ4v) is 2.47. The van der Waals surface area contributed by atoms with E-state index in [1.807, 2.05) is 0 Å². The summed E-state index contributed by atoms with van der Waals surface area (Å²) in [5.41, 5.74) is 0. The van der Waals surface area contributed by atoms with Crippen molar-refractivity contribution in [2.24, 2.45) is 0 Å². The van der Waals surface area contributed by atoms with Crippen molar-refractivity contribution in [3.05, 3.63) is 11.5 Å². The van der Waals surface area contributed by atoms with Crippen LogP contribution in [0.4, 0.5) is 0 Å². The molecule has 0 bridgehead atoms. The summed E-state index contributed by atoms with van der Waals surface area (Å²) in [4.78, 5) is 4.80. The summed E-state index contributed by atoms with van der Waals surface area (Å²) >= 11 is 0. The first-order valence-corrected chi connectivity index (χ1v) is 6.36. The largest absolute Gasteiger partial charge is 0.379 e. The molecule has 13 heavy (non-hydrogen) atoms. The molecule has 0 rings (SSSR count). The van der Waals surface area contributed by atoms with Crippen LogP contribution >= 0.6 is 0 Å². The van der Waals surface area contributed by atoms with E-state index in [4.69, 9.17) is 0 Å². The Labute approximate surface area is 86.0 Å². The van der Waals surface area contributed by atoms with Crippen LogP contribution in [-0.2, 0) is 0 Å². The zero-order chi connectivity index (χ0) is 10.3. The third kappa shape index (κ3) is 4.36. The lowest BCUT2D eigenvalue weighted by Crippen LogP contribution is -2.26. The molecule has 0 heterocycles. The van der Waals surface area contributed by atoms with Crippen molar-refractivity contribution in [2.45, 2.75) is 27.7 Å². The summed E-state index contributed by atoms with van der Waals surface area (Å²) in [6.07, 6.45) is 2.32. The molecule has 0 fully saturated rings. The van der Waals surface area contributed by atoms with Crippen LogP contribution in [-0.4, -0.2) is 46.2 Å². The first-order chi connectivity index (χ1) is 6.19. The molecule has 0 amide bonds. The maximum absolute atomic E-state index is 2.44. The highest BCUT2D eigenvalue weighted by Gasteiger charge is 2.00. The Morgan fingerprint density at radius 3 is 1.77 bits per heavy atom. The van der Waals surface area contributed by atoms with Crippen LogP contribution in [0.25, 0.3) is 0 Å². The zero-order valence-corrected chi connectivity index (χ0v) is 11.8. The molecular formula is C10H24N2Si. The number of rotatable bonds is 6. The molecule has 0 aromatic rings. The molecule has 0 aromatic carbocycles. The monoisotopic (exact) mass is 200 g/mol. The standard InChI is InChI=1S/C10H24N2Si/c1-5-11(6-2)9-10(13)12(7-3)8-4/h9H,5-8H2,1-4,13H3. The summed E-state index contributed by atoms with van der Waals surface area (Å²) in [5, 5.41) is 1.51. The van der Waals surface area contributed by atoms with Crippen LogP contribution < -0.4 is 0 Å². The van der Waals surface area contributed by atoms with Crippen LogP contribution in [0.1, 0.15) is 27.7 Å². The third-order valence-corrected chi connectivity index (χ3v) is 3.33. The Bertz CT molecular complexity index is 149. The molecule has 0 aromatic heterocycles. The molecule has 0 aliphatic heterocycles. The highest BCUT2D eigenvalue weighted by Crippen LogP contribution is 2.01. The smallest absolute Gasteiger partial charge is 0.0610 e. The summed E-state index contributed by atoms with van der Waals surface area (Å²) < 4.78 is 0. The zero-order valence-electron chi connectivity index (χ0n) is 9.80. The average Bonchev–Trinajstić information content (AvgIpc) is 2.16. The number of nitrogens with zero attached hydrogens (tertiary/aromatic N) is 2. The highest BCUT2D eigenvalue weighted by molar-refractivity contribution is 6.21. The van der Waals surface area contributed by atoms with Crippen molar-refractivity contribution < 1.29 is 0 Å². The minimum atomic E-state index is 1.11. The lowest BCUT2D eigenvalue weighted by Gasteiger charge is -2.25. The van der Waals surface area contributed by atoms with Crippen molar-refractivity contribution in [2.75, 3.05) is 26.2 Å². The van der Waals surface area contributed by atoms with Crippen molar-refractivity contribution >= 4 is 10.2 Å². The molecular weight excluding hydrogens is 176 g/mol. The quantitative estimate of drug-likeness (QED) is 0.586. The van der Waals surface area contributed by atoms with Crippen LogP contribution in [0.5, 0.6) is 0 Å². The van der Waals surface area contributed by atoms with E-state index in [1.54, 1.807) is 0 Å². The van der Waals surface area contributed by atoms with Gasteiger partial charge in [-0.25, -0.2) is 0 Å². The van der Waals surface area contributed by atoms with Crippen LogP contribution in [0.15, 0.2) is 11.5 Å². The van der Waals surface area contributed by atoms with E-state index in [1.165, 1.54) is 5.32 Å². The van der Waals surface area contributed by atoms with Gasteiger partial charge in [0, 0.05) is 37.7 Å². The van der Waals surface area contributed by atoms with Crippen LogP contribution in [0.3, 0.4) is 0 Å². The molecule has 0 aliphatic rings. The molecule has 0 saturated carbocycles. The third-order valence-electron chi connectivity index (χ3n) is 2.44. The predicted molar refractivity (Wildman–Crippen MR) is 63.9 cm³/mol. The van der Waals surface area contributed by atoms with E-state index in [0.717, 1.165) is 36.4 Å². The van der Waals surface area contributed by atoms with E-state index in [0.29, 0.717) is 0 Å². The Kier molecular flexibility index (Phi) is 6.77. The van der Waals surface area contributed by atoms with Crippen LogP contribution in [0.2, 0.25) is 0 Å². The summed E-state index contributed by atoms with van der Waals surface area (Å²) in [5.74, 6) is 0. The Hall–Kier alpha value is -0.443. The maximum atomic E-state index is 2.44. The SMILES string of the molecule is CCN(C=C([SiH3])N(CC)CC)CC. The maximum Gasteiger partial charge on any atom is 0.0610 e. The fraction of sp³-hybridized carbons (Fsp3) is 0.800. The van der Waals surface area contributed by atoms with Gasteiger partial charge in [0.15, 0.2) is 0 Å². The first-order valence-electron chi connectivity index (χ1n) is 5.36. The van der Waals surface area contributed by atoms with E-state index in [9.17, 15) is 0 Å². The van der Waals surface area contributed by atoms with Gasteiger partial charge in [0.1, 0.15) is 0 Å². The molecule has 3 heteroatoms. The van der Waals surface area contributed by atoms with Gasteiger partial charge in [0.25, 0.3) is 0 Å². The normalized spacial score (nSPS) is 11.8. The van der Waals surface area contributed by atoms with Gasteiger partial charge in [-0.15, -0.1) is 0 Å². The van der Waals surface area contributed by atoms with E-state index < -0.39 is 0 Å². The molecule has 2 nitrogen and oxygen atoms in total. The summed E-state index contributed by atoms with van der Waals surface area (Å²) in [6.45, 7) is 13.3. The summed E-state index contributed by atoms with van der Waals surface area (Å²) in [7, 11) is 1.14. The molecule has 0 aliphatic carbocycles. The van der Waals surface area contributed by atoms with E-state index in [-0.39, 0.29) is 0 Å². The molecule has 0 unspecified atom stereocenters. The van der Waals surface area contributed by atoms with Gasteiger partial charge < -0.3 is 9.80 Å². The van der Waals surface area contributed by atoms with Gasteiger partial charge in [0.05, 0.1) is 10.2 Å². The second-order valence-electron chi connectivity index (χ2n) is 3.16.